The van der Waals surface area contributed by atoms with E-state index < -0.39 is 11.5 Å². The van der Waals surface area contributed by atoms with Crippen molar-refractivity contribution in [3.8, 4) is 0 Å². The molecule has 2 saturated heterocycles. The molecule has 0 bridgehead atoms. The molecule has 2 atom stereocenters. The number of piperidine rings is 2. The van der Waals surface area contributed by atoms with Crippen LogP contribution in [0.5, 0.6) is 0 Å². The van der Waals surface area contributed by atoms with Crippen LogP contribution in [0.15, 0.2) is 48.5 Å². The van der Waals surface area contributed by atoms with Crippen LogP contribution in [0.25, 0.3) is 0 Å². The first-order valence-electron chi connectivity index (χ1n) is 13.7. The Bertz CT molecular complexity index is 1200. The Labute approximate surface area is 229 Å². The van der Waals surface area contributed by atoms with E-state index >= 15 is 0 Å². The number of fused-ring (bicyclic) bond motifs is 1. The lowest BCUT2D eigenvalue weighted by molar-refractivity contribution is -0.138. The van der Waals surface area contributed by atoms with Crippen molar-refractivity contribution in [1.29, 1.82) is 0 Å². The van der Waals surface area contributed by atoms with E-state index in [4.69, 9.17) is 11.6 Å². The van der Waals surface area contributed by atoms with E-state index in [-0.39, 0.29) is 29.7 Å². The van der Waals surface area contributed by atoms with Gasteiger partial charge in [0.15, 0.2) is 0 Å². The number of benzene rings is 2. The molecule has 7 nitrogen and oxygen atoms in total. The van der Waals surface area contributed by atoms with Crippen LogP contribution in [0.1, 0.15) is 50.7 Å². The van der Waals surface area contributed by atoms with Gasteiger partial charge in [0, 0.05) is 42.8 Å². The highest BCUT2D eigenvalue weighted by molar-refractivity contribution is 6.31. The van der Waals surface area contributed by atoms with Gasteiger partial charge in [-0.3, -0.25) is 14.4 Å². The van der Waals surface area contributed by atoms with Crippen molar-refractivity contribution in [3.05, 3.63) is 64.7 Å². The summed E-state index contributed by atoms with van der Waals surface area (Å²) in [6.45, 7) is 6.59. The summed E-state index contributed by atoms with van der Waals surface area (Å²) in [6.07, 6.45) is 3.50. The summed E-state index contributed by atoms with van der Waals surface area (Å²) in [5.41, 5.74) is 2.33. The van der Waals surface area contributed by atoms with Gasteiger partial charge in [0.05, 0.1) is 11.3 Å². The maximum Gasteiger partial charge on any atom is 0.245 e. The zero-order valence-electron chi connectivity index (χ0n) is 22.2. The maximum atomic E-state index is 13.8. The van der Waals surface area contributed by atoms with Gasteiger partial charge in [-0.2, -0.15) is 0 Å². The van der Waals surface area contributed by atoms with Crippen molar-refractivity contribution in [2.45, 2.75) is 63.5 Å². The minimum absolute atomic E-state index is 0.0411. The molecule has 3 aliphatic heterocycles. The number of halogens is 1. The fourth-order valence-electron chi connectivity index (χ4n) is 6.11. The van der Waals surface area contributed by atoms with E-state index in [0.29, 0.717) is 43.9 Å². The molecule has 3 aliphatic rings. The van der Waals surface area contributed by atoms with Crippen molar-refractivity contribution in [2.75, 3.05) is 31.1 Å². The third kappa shape index (κ3) is 5.19. The van der Waals surface area contributed by atoms with E-state index in [2.05, 4.69) is 10.6 Å². The van der Waals surface area contributed by atoms with Gasteiger partial charge < -0.3 is 20.4 Å². The van der Waals surface area contributed by atoms with E-state index in [0.717, 1.165) is 36.2 Å². The molecule has 3 heterocycles. The molecule has 0 aromatic heterocycles. The zero-order valence-corrected chi connectivity index (χ0v) is 23.0. The van der Waals surface area contributed by atoms with Gasteiger partial charge in [-0.1, -0.05) is 48.0 Å². The summed E-state index contributed by atoms with van der Waals surface area (Å²) >= 11 is 6.43. The molecule has 2 aromatic rings. The molecule has 0 spiro atoms. The minimum Gasteiger partial charge on any atom is -0.344 e. The highest BCUT2D eigenvalue weighted by Crippen LogP contribution is 2.43. The van der Waals surface area contributed by atoms with Gasteiger partial charge in [0.1, 0.15) is 6.04 Å². The molecule has 2 aromatic carbocycles. The second-order valence-corrected chi connectivity index (χ2v) is 11.7. The molecule has 202 valence electrons. The van der Waals surface area contributed by atoms with E-state index in [1.54, 1.807) is 0 Å². The summed E-state index contributed by atoms with van der Waals surface area (Å²) in [5, 5.41) is 6.93. The van der Waals surface area contributed by atoms with Crippen LogP contribution in [0.2, 0.25) is 5.02 Å². The number of amides is 3. The zero-order chi connectivity index (χ0) is 26.9. The number of carbonyl (C=O) groups is 3. The molecule has 38 heavy (non-hydrogen) atoms. The molecule has 5 rings (SSSR count). The van der Waals surface area contributed by atoms with E-state index in [9.17, 15) is 14.4 Å². The van der Waals surface area contributed by atoms with Crippen molar-refractivity contribution in [1.82, 2.24) is 15.5 Å². The summed E-state index contributed by atoms with van der Waals surface area (Å²) in [7, 11) is 0. The van der Waals surface area contributed by atoms with E-state index in [1.807, 2.05) is 72.2 Å². The third-order valence-electron chi connectivity index (χ3n) is 8.40. The Morgan fingerprint density at radius 1 is 1.08 bits per heavy atom. The topological polar surface area (TPSA) is 81.8 Å². The fourth-order valence-corrected chi connectivity index (χ4v) is 6.33. The molecule has 0 radical (unpaired) electrons. The van der Waals surface area contributed by atoms with E-state index in [1.165, 1.54) is 0 Å². The van der Waals surface area contributed by atoms with Crippen LogP contribution >= 0.6 is 11.6 Å². The molecule has 0 aliphatic carbocycles. The Balaban J connectivity index is 1.29. The van der Waals surface area contributed by atoms with Crippen LogP contribution in [-0.4, -0.2) is 60.9 Å². The highest BCUT2D eigenvalue weighted by Gasteiger charge is 2.47. The predicted octanol–water partition coefficient (Wildman–Crippen LogP) is 3.68. The number of rotatable bonds is 6. The third-order valence-corrected chi connectivity index (χ3v) is 8.76. The second-order valence-electron chi connectivity index (χ2n) is 11.3. The van der Waals surface area contributed by atoms with Gasteiger partial charge in [-0.05, 0) is 69.3 Å². The molecular formula is C30H37ClN4O3. The normalized spacial score (nSPS) is 22.2. The summed E-state index contributed by atoms with van der Waals surface area (Å²) in [5.74, 6) is -0.193. The monoisotopic (exact) mass is 536 g/mol. The summed E-state index contributed by atoms with van der Waals surface area (Å²) < 4.78 is 0. The number of hydrogen-bond donors (Lipinski definition) is 2. The van der Waals surface area contributed by atoms with Crippen molar-refractivity contribution in [2.24, 2.45) is 5.92 Å². The van der Waals surface area contributed by atoms with Crippen LogP contribution in [-0.2, 0) is 26.2 Å². The van der Waals surface area contributed by atoms with Crippen LogP contribution < -0.4 is 15.5 Å². The largest absolute Gasteiger partial charge is 0.344 e. The maximum absolute atomic E-state index is 13.8. The van der Waals surface area contributed by atoms with Gasteiger partial charge in [-0.15, -0.1) is 0 Å². The number of carbonyl (C=O) groups excluding carboxylic acids is 3. The lowest BCUT2D eigenvalue weighted by atomic mass is 9.86. The van der Waals surface area contributed by atoms with Crippen molar-refractivity contribution in [3.63, 3.8) is 0 Å². The summed E-state index contributed by atoms with van der Waals surface area (Å²) in [4.78, 5) is 44.1. The Morgan fingerprint density at radius 2 is 1.79 bits per heavy atom. The number of anilines is 1. The molecular weight excluding hydrogens is 500 g/mol. The summed E-state index contributed by atoms with van der Waals surface area (Å²) in [6, 6.07) is 14.8. The molecule has 2 unspecified atom stereocenters. The van der Waals surface area contributed by atoms with Gasteiger partial charge in [0.2, 0.25) is 17.7 Å². The molecule has 2 N–H and O–H groups in total. The number of hydrogen-bond acceptors (Lipinski definition) is 4. The second kappa shape index (κ2) is 11.1. The lowest BCUT2D eigenvalue weighted by Crippen LogP contribution is -2.56. The van der Waals surface area contributed by atoms with Gasteiger partial charge in [-0.25, -0.2) is 0 Å². The van der Waals surface area contributed by atoms with Crippen molar-refractivity contribution < 1.29 is 14.4 Å². The van der Waals surface area contributed by atoms with Crippen LogP contribution in [0, 0.1) is 5.92 Å². The Kier molecular flexibility index (Phi) is 7.78. The molecule has 0 saturated carbocycles. The predicted molar refractivity (Wildman–Crippen MR) is 149 cm³/mol. The van der Waals surface area contributed by atoms with Gasteiger partial charge >= 0.3 is 0 Å². The highest BCUT2D eigenvalue weighted by atomic mass is 35.5. The first kappa shape index (κ1) is 26.7. The molecule has 2 fully saturated rings. The Hall–Kier alpha value is -2.90. The average molecular weight is 537 g/mol. The Morgan fingerprint density at radius 3 is 2.50 bits per heavy atom. The quantitative estimate of drug-likeness (QED) is 0.590. The smallest absolute Gasteiger partial charge is 0.245 e. The lowest BCUT2D eigenvalue weighted by Gasteiger charge is -2.39. The standard InChI is InChI=1S/C30H37ClN4O3/c1-30(2)23-10-4-6-12-26(23)35(29(30)38)22-13-16-34(17-14-22)28(37)25(18-20-8-3-5-11-24(20)31)33-27(36)21-9-7-15-32-19-21/h3-6,8,10-12,21-22,25,32H,7,9,13-19H2,1-2H3,(H,33,36). The number of likely N-dealkylation sites (tertiary alicyclic amines) is 1. The minimum atomic E-state index is -0.686. The molecule has 8 heteroatoms. The molecule has 3 amide bonds. The van der Waals surface area contributed by atoms with Crippen LogP contribution in [0.4, 0.5) is 5.69 Å². The van der Waals surface area contributed by atoms with Gasteiger partial charge in [0.25, 0.3) is 0 Å². The number of para-hydroxylation sites is 1. The number of nitrogens with one attached hydrogen (secondary N) is 2. The average Bonchev–Trinajstić information content (AvgIpc) is 3.14. The SMILES string of the molecule is CC1(C)C(=O)N(C2CCN(C(=O)C(Cc3ccccc3Cl)NC(=O)C3CCCNC3)CC2)c2ccccc21. The number of nitrogens with zero attached hydrogens (tertiary/aromatic N) is 2. The van der Waals surface area contributed by atoms with Crippen LogP contribution in [0.3, 0.4) is 0 Å². The fraction of sp³-hybridized carbons (Fsp3) is 0.500. The first-order valence-corrected chi connectivity index (χ1v) is 14.1. The van der Waals surface area contributed by atoms with Crippen molar-refractivity contribution >= 4 is 35.0 Å². The first-order chi connectivity index (χ1) is 18.3.